The highest BCUT2D eigenvalue weighted by Gasteiger charge is 2.46. The molecule has 162 valence electrons. The minimum Gasteiger partial charge on any atom is -0.486 e. The Kier molecular flexibility index (Phi) is 5.18. The monoisotopic (exact) mass is 428 g/mol. The van der Waals surface area contributed by atoms with Crippen molar-refractivity contribution in [2.24, 2.45) is 5.73 Å². The zero-order valence-electron chi connectivity index (χ0n) is 17.3. The summed E-state index contributed by atoms with van der Waals surface area (Å²) in [7, 11) is 0. The molecule has 0 aromatic carbocycles. The van der Waals surface area contributed by atoms with Gasteiger partial charge in [0.25, 0.3) is 12.3 Å². The maximum atomic E-state index is 13.3. The summed E-state index contributed by atoms with van der Waals surface area (Å²) in [4.78, 5) is 23.8. The Morgan fingerprint density at radius 3 is 2.68 bits per heavy atom. The molecule has 4 rings (SSSR count). The molecule has 3 aromatic heterocycles. The second-order valence-corrected chi connectivity index (χ2v) is 7.78. The van der Waals surface area contributed by atoms with Crippen molar-refractivity contribution in [1.82, 2.24) is 19.7 Å². The summed E-state index contributed by atoms with van der Waals surface area (Å²) in [5.41, 5.74) is 8.61. The maximum absolute atomic E-state index is 13.3. The third kappa shape index (κ3) is 3.63. The van der Waals surface area contributed by atoms with Gasteiger partial charge in [-0.15, -0.1) is 0 Å². The predicted molar refractivity (Wildman–Crippen MR) is 110 cm³/mol. The van der Waals surface area contributed by atoms with Crippen molar-refractivity contribution >= 4 is 11.6 Å². The molecule has 4 heterocycles. The van der Waals surface area contributed by atoms with Gasteiger partial charge in [-0.05, 0) is 38.5 Å². The van der Waals surface area contributed by atoms with Gasteiger partial charge in [-0.1, -0.05) is 0 Å². The van der Waals surface area contributed by atoms with Crippen LogP contribution in [0.5, 0.6) is 5.75 Å². The van der Waals surface area contributed by atoms with Crippen LogP contribution < -0.4 is 15.4 Å². The lowest BCUT2D eigenvalue weighted by molar-refractivity contribution is 0.0817. The average molecular weight is 428 g/mol. The van der Waals surface area contributed by atoms with Gasteiger partial charge < -0.3 is 10.5 Å². The van der Waals surface area contributed by atoms with Gasteiger partial charge in [-0.3, -0.25) is 19.4 Å². The Balaban J connectivity index is 1.75. The number of amides is 1. The first-order chi connectivity index (χ1) is 14.7. The van der Waals surface area contributed by atoms with E-state index >= 15 is 0 Å². The Hall–Kier alpha value is -3.40. The number of hydrogen-bond donors (Lipinski definition) is 1. The van der Waals surface area contributed by atoms with E-state index in [-0.39, 0.29) is 18.3 Å². The summed E-state index contributed by atoms with van der Waals surface area (Å²) in [5, 5.41) is 4.17. The van der Waals surface area contributed by atoms with Gasteiger partial charge in [0, 0.05) is 11.8 Å². The van der Waals surface area contributed by atoms with E-state index in [0.29, 0.717) is 28.2 Å². The molecule has 0 fully saturated rings. The Labute approximate surface area is 177 Å². The Bertz CT molecular complexity index is 1140. The van der Waals surface area contributed by atoms with Crippen LogP contribution in [-0.4, -0.2) is 38.7 Å². The molecule has 0 atom stereocenters. The van der Waals surface area contributed by atoms with Gasteiger partial charge in [-0.25, -0.2) is 13.8 Å². The minimum absolute atomic E-state index is 0.166. The number of ether oxygens (including phenoxy) is 1. The third-order valence-corrected chi connectivity index (χ3v) is 5.22. The highest BCUT2D eigenvalue weighted by molar-refractivity contribution is 6.12. The van der Waals surface area contributed by atoms with Crippen molar-refractivity contribution in [3.8, 4) is 17.0 Å². The van der Waals surface area contributed by atoms with Gasteiger partial charge in [0.15, 0.2) is 0 Å². The lowest BCUT2D eigenvalue weighted by atomic mass is 9.96. The summed E-state index contributed by atoms with van der Waals surface area (Å²) in [6.07, 6.45) is 3.69. The molecule has 0 saturated heterocycles. The predicted octanol–water partition coefficient (Wildman–Crippen LogP) is 3.10. The molecule has 8 nitrogen and oxygen atoms in total. The Morgan fingerprint density at radius 1 is 1.23 bits per heavy atom. The molecule has 2 N–H and O–H groups in total. The van der Waals surface area contributed by atoms with Crippen LogP contribution in [-0.2, 0) is 12.2 Å². The third-order valence-electron chi connectivity index (χ3n) is 5.22. The largest absolute Gasteiger partial charge is 0.486 e. The number of anilines is 1. The number of nitrogens with zero attached hydrogens (tertiary/aromatic N) is 5. The van der Waals surface area contributed by atoms with Crippen LogP contribution in [0.2, 0.25) is 0 Å². The van der Waals surface area contributed by atoms with Gasteiger partial charge in [0.05, 0.1) is 53.4 Å². The van der Waals surface area contributed by atoms with E-state index in [1.807, 2.05) is 20.8 Å². The topological polar surface area (TPSA) is 99.2 Å². The number of fused-ring (bicyclic) bond motifs is 1. The van der Waals surface area contributed by atoms with E-state index in [0.717, 1.165) is 5.56 Å². The molecule has 1 aliphatic heterocycles. The SMILES string of the molecule is Cc1cc(-c2cncc(OCC(F)F)c2)nc2c1C(=O)N(c1cnn(CN)c1)C2(C)C. The second kappa shape index (κ2) is 7.69. The number of rotatable bonds is 6. The fourth-order valence-corrected chi connectivity index (χ4v) is 3.81. The summed E-state index contributed by atoms with van der Waals surface area (Å²) in [6, 6.07) is 3.39. The molecule has 0 unspecified atom stereocenters. The zero-order valence-corrected chi connectivity index (χ0v) is 17.3. The molecule has 10 heteroatoms. The van der Waals surface area contributed by atoms with E-state index in [1.165, 1.54) is 6.20 Å². The van der Waals surface area contributed by atoms with Crippen molar-refractivity contribution in [2.45, 2.75) is 39.4 Å². The summed E-state index contributed by atoms with van der Waals surface area (Å²) in [5.74, 6) is 0.0594. The van der Waals surface area contributed by atoms with E-state index in [9.17, 15) is 13.6 Å². The number of halogens is 2. The van der Waals surface area contributed by atoms with Gasteiger partial charge in [0.1, 0.15) is 12.4 Å². The molecule has 0 aliphatic carbocycles. The zero-order chi connectivity index (χ0) is 22.3. The number of hydrogen-bond acceptors (Lipinski definition) is 6. The highest BCUT2D eigenvalue weighted by atomic mass is 19.3. The summed E-state index contributed by atoms with van der Waals surface area (Å²) < 4.78 is 31.5. The number of pyridine rings is 2. The quantitative estimate of drug-likeness (QED) is 0.648. The lowest BCUT2D eigenvalue weighted by Gasteiger charge is -2.30. The minimum atomic E-state index is -2.58. The van der Waals surface area contributed by atoms with Crippen molar-refractivity contribution in [3.63, 3.8) is 0 Å². The molecule has 31 heavy (non-hydrogen) atoms. The molecular weight excluding hydrogens is 406 g/mol. The van der Waals surface area contributed by atoms with E-state index in [1.54, 1.807) is 40.3 Å². The number of nitrogens with two attached hydrogens (primary N) is 1. The van der Waals surface area contributed by atoms with Crippen molar-refractivity contribution in [2.75, 3.05) is 11.5 Å². The second-order valence-electron chi connectivity index (χ2n) is 7.78. The average Bonchev–Trinajstić information content (AvgIpc) is 3.27. The number of aryl methyl sites for hydroxylation is 1. The summed E-state index contributed by atoms with van der Waals surface area (Å²) >= 11 is 0. The van der Waals surface area contributed by atoms with E-state index in [4.69, 9.17) is 15.5 Å². The fourth-order valence-electron chi connectivity index (χ4n) is 3.81. The van der Waals surface area contributed by atoms with Crippen LogP contribution in [0.1, 0.15) is 35.5 Å². The number of aromatic nitrogens is 4. The van der Waals surface area contributed by atoms with Gasteiger partial charge in [0.2, 0.25) is 0 Å². The van der Waals surface area contributed by atoms with E-state index < -0.39 is 18.6 Å². The number of carbonyl (C=O) groups excluding carboxylic acids is 1. The standard InChI is InChI=1S/C21H22F2N6O2/c1-12-4-16(13-5-15(8-25-6-13)31-10-17(22)23)27-19-18(12)20(30)29(21(19,2)3)14-7-26-28(9-14)11-24/h4-9,17H,10-11,24H2,1-3H3. The highest BCUT2D eigenvalue weighted by Crippen LogP contribution is 2.43. The first-order valence-corrected chi connectivity index (χ1v) is 9.68. The maximum Gasteiger partial charge on any atom is 0.272 e. The molecule has 1 aliphatic rings. The fraction of sp³-hybridized carbons (Fsp3) is 0.333. The lowest BCUT2D eigenvalue weighted by Crippen LogP contribution is -2.39. The van der Waals surface area contributed by atoms with Crippen molar-refractivity contribution in [1.29, 1.82) is 0 Å². The Morgan fingerprint density at radius 2 is 2.00 bits per heavy atom. The van der Waals surface area contributed by atoms with Crippen LogP contribution in [0.3, 0.4) is 0 Å². The molecule has 0 bridgehead atoms. The first kappa shape index (κ1) is 20.9. The number of alkyl halides is 2. The van der Waals surface area contributed by atoms with Crippen LogP contribution in [0.25, 0.3) is 11.3 Å². The first-order valence-electron chi connectivity index (χ1n) is 9.68. The van der Waals surface area contributed by atoms with Crippen LogP contribution in [0.4, 0.5) is 14.5 Å². The van der Waals surface area contributed by atoms with Gasteiger partial charge in [-0.2, -0.15) is 5.10 Å². The molecule has 0 radical (unpaired) electrons. The molecule has 0 spiro atoms. The summed E-state index contributed by atoms with van der Waals surface area (Å²) in [6.45, 7) is 5.15. The van der Waals surface area contributed by atoms with Crippen LogP contribution in [0, 0.1) is 6.92 Å². The molecule has 1 amide bonds. The smallest absolute Gasteiger partial charge is 0.272 e. The van der Waals surface area contributed by atoms with Crippen molar-refractivity contribution < 1.29 is 18.3 Å². The number of carbonyl (C=O) groups is 1. The molecule has 3 aromatic rings. The van der Waals surface area contributed by atoms with Crippen LogP contribution >= 0.6 is 0 Å². The normalized spacial score (nSPS) is 14.9. The molecule has 0 saturated carbocycles. The van der Waals surface area contributed by atoms with Gasteiger partial charge >= 0.3 is 0 Å². The molecular formula is C21H22F2N6O2. The van der Waals surface area contributed by atoms with E-state index in [2.05, 4.69) is 10.1 Å². The van der Waals surface area contributed by atoms with Crippen molar-refractivity contribution in [3.05, 3.63) is 53.7 Å². The van der Waals surface area contributed by atoms with Crippen LogP contribution in [0.15, 0.2) is 36.9 Å².